The zero-order chi connectivity index (χ0) is 43.3. The lowest BCUT2D eigenvalue weighted by Crippen LogP contribution is -2.51. The molecule has 4 aromatic rings. The first-order valence-corrected chi connectivity index (χ1v) is 19.5. The van der Waals surface area contributed by atoms with Crippen LogP contribution in [0.15, 0.2) is 60.9 Å². The van der Waals surface area contributed by atoms with Gasteiger partial charge in [0.25, 0.3) is 5.92 Å². The fourth-order valence-corrected chi connectivity index (χ4v) is 7.38. The Morgan fingerprint density at radius 3 is 1.67 bits per heavy atom. The van der Waals surface area contributed by atoms with E-state index in [-0.39, 0.29) is 30.1 Å². The molecule has 17 heteroatoms. The number of benzene rings is 2. The fourth-order valence-electron chi connectivity index (χ4n) is 7.38. The highest BCUT2D eigenvalue weighted by Gasteiger charge is 2.50. The van der Waals surface area contributed by atoms with Crippen molar-refractivity contribution in [3.63, 3.8) is 0 Å². The van der Waals surface area contributed by atoms with E-state index in [1.807, 2.05) is 62.4 Å². The van der Waals surface area contributed by atoms with Crippen LogP contribution >= 0.6 is 0 Å². The van der Waals surface area contributed by atoms with E-state index < -0.39 is 67.2 Å². The Labute approximate surface area is 346 Å². The summed E-state index contributed by atoms with van der Waals surface area (Å²) in [6.07, 6.45) is 1.48. The Morgan fingerprint density at radius 2 is 1.23 bits per heavy atom. The van der Waals surface area contributed by atoms with Crippen molar-refractivity contribution < 1.29 is 37.4 Å². The molecule has 6 rings (SSSR count). The number of amides is 4. The number of hydrogen-bond acceptors (Lipinski definition) is 8. The second kappa shape index (κ2) is 18.0. The summed E-state index contributed by atoms with van der Waals surface area (Å²) in [5.41, 5.74) is 4.39. The SMILES string of the molecule is [C-]#[N+][C@H]1C[C@@H](c2ncc(-c3ccc(C#Cc4ccc(-c5cnc([C@@H]6CC(F)(F)CN6C(=O)[C@@H](NC(=O)OC)C(C)C)[nH]5)cc4)cc3)[nH]2)N(C(=O)[C@@H](NC(=O)OC)C(C)C)C1. The third-order valence-electron chi connectivity index (χ3n) is 10.6. The molecule has 2 aromatic carbocycles. The minimum atomic E-state index is -3.14. The van der Waals surface area contributed by atoms with Crippen LogP contribution in [0.4, 0.5) is 18.4 Å². The van der Waals surface area contributed by atoms with E-state index in [2.05, 4.69) is 52.0 Å². The Morgan fingerprint density at radius 1 is 0.783 bits per heavy atom. The van der Waals surface area contributed by atoms with Crippen molar-refractivity contribution in [1.29, 1.82) is 0 Å². The van der Waals surface area contributed by atoms with Crippen molar-refractivity contribution in [3.05, 3.63) is 95.1 Å². The van der Waals surface area contributed by atoms with Crippen LogP contribution in [0.25, 0.3) is 27.4 Å². The van der Waals surface area contributed by atoms with E-state index >= 15 is 0 Å². The summed E-state index contributed by atoms with van der Waals surface area (Å²) in [5.74, 6) is 2.39. The average molecular weight is 824 g/mol. The van der Waals surface area contributed by atoms with E-state index in [9.17, 15) is 28.0 Å². The van der Waals surface area contributed by atoms with E-state index in [0.717, 1.165) is 40.0 Å². The van der Waals surface area contributed by atoms with Crippen molar-refractivity contribution in [2.24, 2.45) is 11.8 Å². The monoisotopic (exact) mass is 823 g/mol. The van der Waals surface area contributed by atoms with Gasteiger partial charge in [0.2, 0.25) is 17.9 Å². The van der Waals surface area contributed by atoms with Crippen molar-refractivity contribution in [2.75, 3.05) is 27.3 Å². The van der Waals surface area contributed by atoms with Crippen LogP contribution in [0.5, 0.6) is 0 Å². The maximum Gasteiger partial charge on any atom is 0.407 e. The molecule has 0 radical (unpaired) electrons. The quantitative estimate of drug-likeness (QED) is 0.110. The molecule has 2 aliphatic heterocycles. The largest absolute Gasteiger partial charge is 0.453 e. The van der Waals surface area contributed by atoms with Gasteiger partial charge in [0.15, 0.2) is 0 Å². The summed E-state index contributed by atoms with van der Waals surface area (Å²) in [6.45, 7) is 14.1. The molecule has 15 nitrogen and oxygen atoms in total. The Bertz CT molecular complexity index is 2310. The minimum Gasteiger partial charge on any atom is -0.453 e. The molecule has 0 spiro atoms. The first kappa shape index (κ1) is 42.8. The van der Waals surface area contributed by atoms with Gasteiger partial charge in [0.1, 0.15) is 23.7 Å². The number of methoxy groups -OCH3 is 2. The summed E-state index contributed by atoms with van der Waals surface area (Å²) in [7, 11) is 2.40. The normalized spacial score (nSPS) is 19.2. The fraction of sp³-hybridized carbons (Fsp3) is 0.419. The molecule has 5 atom stereocenters. The van der Waals surface area contributed by atoms with Crippen molar-refractivity contribution >= 4 is 24.0 Å². The summed E-state index contributed by atoms with van der Waals surface area (Å²) >= 11 is 0. The van der Waals surface area contributed by atoms with Crippen molar-refractivity contribution in [1.82, 2.24) is 40.4 Å². The number of rotatable bonds is 10. The number of carbonyl (C=O) groups excluding carboxylic acids is 4. The van der Waals surface area contributed by atoms with E-state index in [1.54, 1.807) is 24.9 Å². The highest BCUT2D eigenvalue weighted by Crippen LogP contribution is 2.41. The summed E-state index contributed by atoms with van der Waals surface area (Å²) in [4.78, 5) is 72.8. The second-order valence-electron chi connectivity index (χ2n) is 15.6. The topological polar surface area (TPSA) is 179 Å². The van der Waals surface area contributed by atoms with E-state index in [0.29, 0.717) is 17.9 Å². The highest BCUT2D eigenvalue weighted by atomic mass is 19.3. The third kappa shape index (κ3) is 9.58. The van der Waals surface area contributed by atoms with Crippen LogP contribution in [0, 0.1) is 30.2 Å². The minimum absolute atomic E-state index is 0.212. The number of H-pyrrole nitrogens is 2. The number of hydrogen-bond donors (Lipinski definition) is 4. The van der Waals surface area contributed by atoms with Gasteiger partial charge < -0.3 is 44.7 Å². The number of aromatic nitrogens is 4. The van der Waals surface area contributed by atoms with Gasteiger partial charge in [-0.1, -0.05) is 63.8 Å². The molecule has 4 amide bonds. The molecular formula is C43H47F2N9O6. The number of imidazole rings is 2. The molecule has 0 unspecified atom stereocenters. The summed E-state index contributed by atoms with van der Waals surface area (Å²) in [5, 5.41) is 5.09. The van der Waals surface area contributed by atoms with E-state index in [1.165, 1.54) is 13.3 Å². The van der Waals surface area contributed by atoms with E-state index in [4.69, 9.17) is 11.3 Å². The van der Waals surface area contributed by atoms with Crippen molar-refractivity contribution in [2.45, 2.75) is 76.7 Å². The zero-order valence-corrected chi connectivity index (χ0v) is 34.1. The molecule has 0 bridgehead atoms. The molecule has 0 aliphatic carbocycles. The Balaban J connectivity index is 1.11. The van der Waals surface area contributed by atoms with Gasteiger partial charge in [-0.15, -0.1) is 0 Å². The van der Waals surface area contributed by atoms with Crippen LogP contribution in [0.1, 0.15) is 75.4 Å². The highest BCUT2D eigenvalue weighted by molar-refractivity contribution is 5.87. The molecule has 2 aromatic heterocycles. The Hall–Kier alpha value is -6.75. The molecule has 4 heterocycles. The number of halogens is 2. The number of ether oxygens (including phenoxy) is 2. The van der Waals surface area contributed by atoms with Crippen LogP contribution in [0.3, 0.4) is 0 Å². The second-order valence-corrected chi connectivity index (χ2v) is 15.6. The van der Waals surface area contributed by atoms with Crippen LogP contribution < -0.4 is 10.6 Å². The number of nitrogens with one attached hydrogen (secondary N) is 4. The third-order valence-corrected chi connectivity index (χ3v) is 10.6. The molecule has 4 N–H and O–H groups in total. The smallest absolute Gasteiger partial charge is 0.407 e. The molecule has 2 fully saturated rings. The number of alkyl carbamates (subject to hydrolysis) is 2. The number of nitrogens with zero attached hydrogens (tertiary/aromatic N) is 5. The molecular weight excluding hydrogens is 777 g/mol. The lowest BCUT2D eigenvalue weighted by molar-refractivity contribution is -0.137. The van der Waals surface area contributed by atoms with Gasteiger partial charge in [-0.3, -0.25) is 9.59 Å². The molecule has 314 valence electrons. The first-order chi connectivity index (χ1) is 28.6. The first-order valence-electron chi connectivity index (χ1n) is 19.5. The maximum atomic E-state index is 14.7. The number of alkyl halides is 2. The summed E-state index contributed by atoms with van der Waals surface area (Å²) < 4.78 is 38.8. The lowest BCUT2D eigenvalue weighted by atomic mass is 10.0. The standard InChI is InChI=1S/C43H47F2N9O6/c1-24(2)35(51-41(57)59-6)39(55)53-22-30(46-5)18-33(53)37-47-20-31(49-37)28-14-10-26(11-15-28)8-9-27-12-16-29(17-13-27)32-21-48-38(50-32)34-19-43(44,45)23-54(34)40(56)36(25(3)4)52-42(58)60-7/h10-17,20-21,24-25,30,33-36H,18-19,22-23H2,1-4,6-7H3,(H,47,49)(H,48,50)(H,51,57)(H,52,58)/t30-,33-,34-,35-,36-/m0/s1. The van der Waals surface area contributed by atoms with Gasteiger partial charge in [-0.05, 0) is 47.2 Å². The number of likely N-dealkylation sites (tertiary alicyclic amines) is 2. The van der Waals surface area contributed by atoms with Gasteiger partial charge in [-0.25, -0.2) is 34.9 Å². The van der Waals surface area contributed by atoms with Crippen LogP contribution in [-0.2, 0) is 19.1 Å². The van der Waals surface area contributed by atoms with Crippen LogP contribution in [0.2, 0.25) is 0 Å². The maximum absolute atomic E-state index is 14.7. The molecule has 60 heavy (non-hydrogen) atoms. The van der Waals surface area contributed by atoms with Gasteiger partial charge in [-0.2, -0.15) is 0 Å². The zero-order valence-electron chi connectivity index (χ0n) is 34.1. The Kier molecular flexibility index (Phi) is 12.9. The molecule has 0 saturated carbocycles. The molecule has 2 saturated heterocycles. The van der Waals surface area contributed by atoms with Gasteiger partial charge in [0, 0.05) is 17.5 Å². The average Bonchev–Trinajstić information content (AvgIpc) is 4.06. The van der Waals surface area contributed by atoms with Gasteiger partial charge >= 0.3 is 12.2 Å². The van der Waals surface area contributed by atoms with Crippen molar-refractivity contribution in [3.8, 4) is 34.4 Å². The predicted molar refractivity (Wildman–Crippen MR) is 216 cm³/mol. The van der Waals surface area contributed by atoms with Gasteiger partial charge in [0.05, 0.1) is 69.6 Å². The number of aromatic amines is 2. The molecule has 2 aliphatic rings. The lowest BCUT2D eigenvalue weighted by Gasteiger charge is -2.29. The van der Waals surface area contributed by atoms with Crippen LogP contribution in [-0.4, -0.2) is 105 Å². The number of carbonyl (C=O) groups is 4. The predicted octanol–water partition coefficient (Wildman–Crippen LogP) is 6.10. The summed E-state index contributed by atoms with van der Waals surface area (Å²) in [6, 6.07) is 11.1.